The van der Waals surface area contributed by atoms with Crippen LogP contribution >= 0.6 is 0 Å². The predicted octanol–water partition coefficient (Wildman–Crippen LogP) is 1.99. The lowest BCUT2D eigenvalue weighted by Crippen LogP contribution is -2.34. The molecular formula is C12H15NO. The van der Waals surface area contributed by atoms with Gasteiger partial charge in [-0.25, -0.2) is 0 Å². The van der Waals surface area contributed by atoms with Crippen LogP contribution in [0.2, 0.25) is 0 Å². The summed E-state index contributed by atoms with van der Waals surface area (Å²) in [6, 6.07) is 8.73. The lowest BCUT2D eigenvalue weighted by Gasteiger charge is -2.24. The first-order chi connectivity index (χ1) is 6.90. The minimum atomic E-state index is 0.337. The molecule has 0 aromatic heterocycles. The third-order valence-electron chi connectivity index (χ3n) is 2.47. The number of rotatable bonds is 2. The van der Waals surface area contributed by atoms with Gasteiger partial charge in [-0.2, -0.15) is 0 Å². The molecule has 1 unspecified atom stereocenters. The molecular weight excluding hydrogens is 174 g/mol. The maximum Gasteiger partial charge on any atom is 0.0662 e. The quantitative estimate of drug-likeness (QED) is 0.768. The molecule has 0 bridgehead atoms. The molecule has 74 valence electrons. The largest absolute Gasteiger partial charge is 0.378 e. The molecule has 0 radical (unpaired) electrons. The summed E-state index contributed by atoms with van der Waals surface area (Å²) in [4.78, 5) is 0. The van der Waals surface area contributed by atoms with E-state index in [1.165, 1.54) is 5.56 Å². The van der Waals surface area contributed by atoms with Gasteiger partial charge in [-0.15, -0.1) is 0 Å². The molecule has 14 heavy (non-hydrogen) atoms. The zero-order chi connectivity index (χ0) is 9.80. The van der Waals surface area contributed by atoms with Gasteiger partial charge in [0.1, 0.15) is 0 Å². The summed E-state index contributed by atoms with van der Waals surface area (Å²) in [5, 5.41) is 3.43. The van der Waals surface area contributed by atoms with E-state index in [1.807, 2.05) is 6.08 Å². The molecule has 1 heterocycles. The van der Waals surface area contributed by atoms with Crippen molar-refractivity contribution in [3.8, 4) is 0 Å². The summed E-state index contributed by atoms with van der Waals surface area (Å²) in [5.74, 6) is 0. The van der Waals surface area contributed by atoms with Crippen LogP contribution in [0, 0.1) is 0 Å². The van der Waals surface area contributed by atoms with E-state index >= 15 is 0 Å². The molecule has 1 aromatic rings. The van der Waals surface area contributed by atoms with Crippen LogP contribution in [0.4, 0.5) is 0 Å². The Balaban J connectivity index is 2.17. The van der Waals surface area contributed by atoms with Crippen LogP contribution < -0.4 is 5.32 Å². The molecule has 0 spiro atoms. The lowest BCUT2D eigenvalue weighted by atomic mass is 10.0. The smallest absolute Gasteiger partial charge is 0.0662 e. The van der Waals surface area contributed by atoms with Gasteiger partial charge in [0, 0.05) is 6.54 Å². The van der Waals surface area contributed by atoms with Crippen LogP contribution in [0.1, 0.15) is 17.2 Å². The highest BCUT2D eigenvalue weighted by Crippen LogP contribution is 2.17. The molecule has 1 N–H and O–H groups in total. The molecule has 2 rings (SSSR count). The van der Waals surface area contributed by atoms with E-state index in [0.717, 1.165) is 25.3 Å². The SMILES string of the molecule is C=Cc1cccc(C2COCCN2)c1. The number of nitrogens with one attached hydrogen (secondary N) is 1. The second-order valence-electron chi connectivity index (χ2n) is 3.46. The van der Waals surface area contributed by atoms with E-state index in [9.17, 15) is 0 Å². The Kier molecular flexibility index (Phi) is 2.96. The Bertz CT molecular complexity index is 316. The fraction of sp³-hybridized carbons (Fsp3) is 0.333. The van der Waals surface area contributed by atoms with Gasteiger partial charge in [-0.3, -0.25) is 0 Å². The molecule has 1 saturated heterocycles. The first kappa shape index (κ1) is 9.44. The normalized spacial score (nSPS) is 21.9. The second kappa shape index (κ2) is 4.40. The van der Waals surface area contributed by atoms with Gasteiger partial charge < -0.3 is 10.1 Å². The van der Waals surface area contributed by atoms with Crippen molar-refractivity contribution in [2.24, 2.45) is 0 Å². The van der Waals surface area contributed by atoms with Gasteiger partial charge in [-0.1, -0.05) is 36.9 Å². The Hall–Kier alpha value is -1.12. The minimum Gasteiger partial charge on any atom is -0.378 e. The van der Waals surface area contributed by atoms with Crippen molar-refractivity contribution in [1.29, 1.82) is 0 Å². The Morgan fingerprint density at radius 2 is 2.43 bits per heavy atom. The van der Waals surface area contributed by atoms with Gasteiger partial charge in [0.2, 0.25) is 0 Å². The van der Waals surface area contributed by atoms with Crippen molar-refractivity contribution < 1.29 is 4.74 Å². The molecule has 2 nitrogen and oxygen atoms in total. The maximum atomic E-state index is 5.42. The zero-order valence-electron chi connectivity index (χ0n) is 8.20. The maximum absolute atomic E-state index is 5.42. The third-order valence-corrected chi connectivity index (χ3v) is 2.47. The third kappa shape index (κ3) is 2.03. The van der Waals surface area contributed by atoms with Crippen LogP contribution in [0.5, 0.6) is 0 Å². The summed E-state index contributed by atoms with van der Waals surface area (Å²) in [6.07, 6.45) is 1.87. The Labute approximate surface area is 84.6 Å². The van der Waals surface area contributed by atoms with Crippen LogP contribution in [0.25, 0.3) is 6.08 Å². The highest BCUT2D eigenvalue weighted by Gasteiger charge is 2.14. The first-order valence-corrected chi connectivity index (χ1v) is 4.93. The highest BCUT2D eigenvalue weighted by molar-refractivity contribution is 5.48. The van der Waals surface area contributed by atoms with Crippen molar-refractivity contribution in [1.82, 2.24) is 5.32 Å². The predicted molar refractivity (Wildman–Crippen MR) is 58.1 cm³/mol. The van der Waals surface area contributed by atoms with E-state index in [-0.39, 0.29) is 0 Å². The summed E-state index contributed by atoms with van der Waals surface area (Å²) < 4.78 is 5.42. The number of hydrogen-bond acceptors (Lipinski definition) is 2. The van der Waals surface area contributed by atoms with Crippen LogP contribution in [-0.4, -0.2) is 19.8 Å². The summed E-state index contributed by atoms with van der Waals surface area (Å²) in [7, 11) is 0. The van der Waals surface area contributed by atoms with Crippen LogP contribution in [-0.2, 0) is 4.74 Å². The summed E-state index contributed by atoms with van der Waals surface area (Å²) in [6.45, 7) is 6.28. The van der Waals surface area contributed by atoms with Gasteiger partial charge in [-0.05, 0) is 11.1 Å². The van der Waals surface area contributed by atoms with Gasteiger partial charge >= 0.3 is 0 Å². The zero-order valence-corrected chi connectivity index (χ0v) is 8.20. The van der Waals surface area contributed by atoms with Crippen molar-refractivity contribution >= 4 is 6.08 Å². The molecule has 1 aromatic carbocycles. The molecule has 1 aliphatic heterocycles. The molecule has 0 saturated carbocycles. The summed E-state index contributed by atoms with van der Waals surface area (Å²) in [5.41, 5.74) is 2.44. The Morgan fingerprint density at radius 3 is 3.14 bits per heavy atom. The van der Waals surface area contributed by atoms with Crippen molar-refractivity contribution in [3.63, 3.8) is 0 Å². The first-order valence-electron chi connectivity index (χ1n) is 4.93. The number of morpholine rings is 1. The number of benzene rings is 1. The monoisotopic (exact) mass is 189 g/mol. The standard InChI is InChI=1S/C12H15NO/c1-2-10-4-3-5-11(8-10)12-9-14-7-6-13-12/h2-5,8,12-13H,1,6-7,9H2. The van der Waals surface area contributed by atoms with Crippen molar-refractivity contribution in [2.75, 3.05) is 19.8 Å². The van der Waals surface area contributed by atoms with Crippen molar-refractivity contribution in [2.45, 2.75) is 6.04 Å². The van der Waals surface area contributed by atoms with E-state index in [4.69, 9.17) is 4.74 Å². The second-order valence-corrected chi connectivity index (χ2v) is 3.46. The number of hydrogen-bond donors (Lipinski definition) is 1. The average molecular weight is 189 g/mol. The highest BCUT2D eigenvalue weighted by atomic mass is 16.5. The van der Waals surface area contributed by atoms with Crippen molar-refractivity contribution in [3.05, 3.63) is 42.0 Å². The van der Waals surface area contributed by atoms with E-state index in [2.05, 4.69) is 36.2 Å². The van der Waals surface area contributed by atoms with Crippen LogP contribution in [0.3, 0.4) is 0 Å². The Morgan fingerprint density at radius 1 is 1.50 bits per heavy atom. The van der Waals surface area contributed by atoms with E-state index in [0.29, 0.717) is 6.04 Å². The van der Waals surface area contributed by atoms with Gasteiger partial charge in [0.15, 0.2) is 0 Å². The fourth-order valence-corrected chi connectivity index (χ4v) is 1.68. The van der Waals surface area contributed by atoms with E-state index < -0.39 is 0 Å². The van der Waals surface area contributed by atoms with Gasteiger partial charge in [0.05, 0.1) is 19.3 Å². The molecule has 1 aliphatic rings. The molecule has 1 fully saturated rings. The van der Waals surface area contributed by atoms with E-state index in [1.54, 1.807) is 0 Å². The molecule has 1 atom stereocenters. The summed E-state index contributed by atoms with van der Waals surface area (Å²) >= 11 is 0. The fourth-order valence-electron chi connectivity index (χ4n) is 1.68. The van der Waals surface area contributed by atoms with Gasteiger partial charge in [0.25, 0.3) is 0 Å². The number of ether oxygens (including phenoxy) is 1. The molecule has 2 heteroatoms. The average Bonchev–Trinajstić information content (AvgIpc) is 2.30. The molecule has 0 amide bonds. The topological polar surface area (TPSA) is 21.3 Å². The minimum absolute atomic E-state index is 0.337. The lowest BCUT2D eigenvalue weighted by molar-refractivity contribution is 0.0769. The van der Waals surface area contributed by atoms with Crippen LogP contribution in [0.15, 0.2) is 30.8 Å². The molecule has 0 aliphatic carbocycles.